The van der Waals surface area contributed by atoms with E-state index in [4.69, 9.17) is 0 Å². The van der Waals surface area contributed by atoms with E-state index in [0.29, 0.717) is 0 Å². The van der Waals surface area contributed by atoms with Crippen LogP contribution in [0.5, 0.6) is 0 Å². The van der Waals surface area contributed by atoms with Crippen LogP contribution in [0.15, 0.2) is 0 Å². The fraction of sp³-hybridized carbons (Fsp3) is 1.00. The van der Waals surface area contributed by atoms with Crippen molar-refractivity contribution < 1.29 is 30.6 Å². The Hall–Kier alpha value is 1.05. The second-order valence-corrected chi connectivity index (χ2v) is 6.86. The van der Waals surface area contributed by atoms with E-state index in [0.717, 1.165) is 18.1 Å². The van der Waals surface area contributed by atoms with Crippen LogP contribution in [-0.2, 0) is 25.8 Å². The molecule has 3 heteroatoms. The monoisotopic (exact) mass is 312 g/mol. The molecule has 0 radical (unpaired) electrons. The second kappa shape index (κ2) is 5.80. The van der Waals surface area contributed by atoms with Crippen LogP contribution in [0, 0.1) is 0 Å². The van der Waals surface area contributed by atoms with Gasteiger partial charge in [0.05, 0.1) is 0 Å². The molecular weight excluding hydrogens is 295 g/mol. The average molecular weight is 311 g/mol. The Morgan fingerprint density at radius 2 is 1.22 bits per heavy atom. The van der Waals surface area contributed by atoms with Crippen molar-refractivity contribution in [3.63, 3.8) is 0 Å². The predicted octanol–water partition coefficient (Wildman–Crippen LogP) is 1.98. The summed E-state index contributed by atoms with van der Waals surface area (Å²) in [5.41, 5.74) is 0. The molecule has 0 aromatic rings. The molecule has 0 heterocycles. The van der Waals surface area contributed by atoms with Gasteiger partial charge in [0, 0.05) is 25.8 Å². The van der Waals surface area contributed by atoms with Gasteiger partial charge in [0.1, 0.15) is 0 Å². The first-order valence-electron chi connectivity index (χ1n) is 3.41. The van der Waals surface area contributed by atoms with Crippen LogP contribution in [0.1, 0.15) is 20.8 Å². The van der Waals surface area contributed by atoms with Crippen molar-refractivity contribution in [3.05, 3.63) is 0 Å². The minimum atomic E-state index is -1.67. The summed E-state index contributed by atoms with van der Waals surface area (Å²) < 4.78 is 0. The van der Waals surface area contributed by atoms with E-state index in [1.807, 2.05) is 0 Å². The molecule has 54 valence electrons. The summed E-state index contributed by atoms with van der Waals surface area (Å²) in [5, 5.41) is 0. The van der Waals surface area contributed by atoms with E-state index in [9.17, 15) is 4.80 Å². The largest absolute Gasteiger partial charge is 0.432 e. The maximum absolute atomic E-state index is 9.58. The molecule has 0 aromatic carbocycles. The van der Waals surface area contributed by atoms with Gasteiger partial charge in [-0.1, -0.05) is 20.8 Å². The Morgan fingerprint density at radius 1 is 1.00 bits per heavy atom. The number of hydrogen-bond acceptors (Lipinski definition) is 1. The topological polar surface area (TPSA) is 20.2 Å². The molecule has 0 aliphatic carbocycles. The third-order valence-electron chi connectivity index (χ3n) is 1.97. The smallest absolute Gasteiger partial charge is 0.187 e. The van der Waals surface area contributed by atoms with Gasteiger partial charge >= 0.3 is 0 Å². The molecule has 0 fully saturated rings. The summed E-state index contributed by atoms with van der Waals surface area (Å²) in [5.74, 6) is 0. The third kappa shape index (κ3) is 4.45. The first kappa shape index (κ1) is 12.7. The summed E-state index contributed by atoms with van der Waals surface area (Å²) >= 11 is 0. The van der Waals surface area contributed by atoms with Gasteiger partial charge in [-0.05, 0) is 18.1 Å². The van der Waals surface area contributed by atoms with Gasteiger partial charge in [0.25, 0.3) is 0 Å². The molecule has 9 heavy (non-hydrogen) atoms. The molecule has 0 saturated carbocycles. The van der Waals surface area contributed by atoms with Crippen molar-refractivity contribution in [1.29, 1.82) is 0 Å². The Morgan fingerprint density at radius 3 is 1.22 bits per heavy atom. The molecule has 0 aliphatic heterocycles. The molecule has 0 amide bonds. The Balaban J connectivity index is 0. The first-order chi connectivity index (χ1) is 3.68. The molecule has 0 bridgehead atoms. The normalized spacial score (nSPS) is 10.7. The van der Waals surface area contributed by atoms with Gasteiger partial charge < -0.3 is 4.80 Å². The summed E-state index contributed by atoms with van der Waals surface area (Å²) in [6.07, 6.45) is 0. The van der Waals surface area contributed by atoms with Gasteiger partial charge in [-0.2, -0.15) is 0 Å². The van der Waals surface area contributed by atoms with Gasteiger partial charge in [-0.15, -0.1) is 0 Å². The third-order valence-corrected chi connectivity index (χ3v) is 5.92. The molecule has 0 unspecified atom stereocenters. The second-order valence-electron chi connectivity index (χ2n) is 2.29. The molecule has 1 N–H and O–H groups in total. The quantitative estimate of drug-likeness (QED) is 0.790. The van der Waals surface area contributed by atoms with E-state index in [-0.39, 0.29) is 25.8 Å². The molecule has 1 nitrogen and oxygen atoms in total. The molecule has 0 atom stereocenters. The van der Waals surface area contributed by atoms with Gasteiger partial charge in [-0.3, -0.25) is 0 Å². The van der Waals surface area contributed by atoms with Gasteiger partial charge in [-0.25, -0.2) is 0 Å². The maximum atomic E-state index is 9.58. The molecule has 0 saturated heterocycles. The van der Waals surface area contributed by atoms with E-state index in [1.54, 1.807) is 0 Å². The van der Waals surface area contributed by atoms with Crippen LogP contribution in [0.3, 0.4) is 0 Å². The van der Waals surface area contributed by atoms with Crippen molar-refractivity contribution in [3.8, 4) is 0 Å². The number of hydrogen-bond donors (Lipinski definition) is 1. The van der Waals surface area contributed by atoms with Crippen LogP contribution in [-0.4, -0.2) is 13.1 Å². The fourth-order valence-corrected chi connectivity index (χ4v) is 2.25. The summed E-state index contributed by atoms with van der Waals surface area (Å²) in [4.78, 5) is 9.58. The summed E-state index contributed by atoms with van der Waals surface area (Å²) in [6, 6.07) is 3.04. The van der Waals surface area contributed by atoms with Crippen LogP contribution in [0.2, 0.25) is 18.1 Å². The summed E-state index contributed by atoms with van der Waals surface area (Å²) in [7, 11) is -1.67. The van der Waals surface area contributed by atoms with Crippen LogP contribution in [0.25, 0.3) is 0 Å². The van der Waals surface area contributed by atoms with Crippen molar-refractivity contribution in [2.24, 2.45) is 0 Å². The van der Waals surface area contributed by atoms with E-state index in [2.05, 4.69) is 20.8 Å². The first-order valence-corrected chi connectivity index (χ1v) is 5.97. The van der Waals surface area contributed by atoms with E-state index >= 15 is 0 Å². The maximum Gasteiger partial charge on any atom is 0.187 e. The Kier molecular flexibility index (Phi) is 8.19. The van der Waals surface area contributed by atoms with E-state index in [1.165, 1.54) is 0 Å². The van der Waals surface area contributed by atoms with Crippen LogP contribution in [0.4, 0.5) is 0 Å². The zero-order chi connectivity index (χ0) is 6.62. The number of rotatable bonds is 3. The van der Waals surface area contributed by atoms with Crippen molar-refractivity contribution in [2.75, 3.05) is 0 Å². The molecule has 0 aliphatic rings. The SMILES string of the molecule is CC[Si](O)(CC)CC.[Hf]. The Labute approximate surface area is 77.8 Å². The molecule has 0 aromatic heterocycles. The Bertz CT molecular complexity index is 55.8. The average Bonchev–Trinajstić information content (AvgIpc) is 1.87. The van der Waals surface area contributed by atoms with Crippen molar-refractivity contribution >= 4 is 8.32 Å². The minimum absolute atomic E-state index is 0. The predicted molar refractivity (Wildman–Crippen MR) is 39.4 cm³/mol. The van der Waals surface area contributed by atoms with Crippen molar-refractivity contribution in [1.82, 2.24) is 0 Å². The molecule has 0 rings (SSSR count). The molecule has 0 spiro atoms. The van der Waals surface area contributed by atoms with Gasteiger partial charge in [0.15, 0.2) is 8.32 Å². The van der Waals surface area contributed by atoms with Crippen LogP contribution >= 0.6 is 0 Å². The zero-order valence-electron chi connectivity index (χ0n) is 6.57. The summed E-state index contributed by atoms with van der Waals surface area (Å²) in [6.45, 7) is 6.25. The minimum Gasteiger partial charge on any atom is -0.432 e. The van der Waals surface area contributed by atoms with Crippen molar-refractivity contribution in [2.45, 2.75) is 38.9 Å². The molecular formula is C6H16HfOSi. The van der Waals surface area contributed by atoms with Gasteiger partial charge in [0.2, 0.25) is 0 Å². The fourth-order valence-electron chi connectivity index (χ4n) is 0.750. The standard InChI is InChI=1S/C6H16OSi.Hf/c1-4-8(7,5-2)6-3;/h7H,4-6H2,1-3H3;. The zero-order valence-corrected chi connectivity index (χ0v) is 11.2. The van der Waals surface area contributed by atoms with Crippen LogP contribution < -0.4 is 0 Å². The van der Waals surface area contributed by atoms with E-state index < -0.39 is 8.32 Å².